The Labute approximate surface area is 56.8 Å². The Morgan fingerprint density at radius 2 is 2.67 bits per heavy atom. The molecule has 0 atom stereocenters. The fourth-order valence-electron chi connectivity index (χ4n) is 0.429. The molecule has 0 saturated heterocycles. The molecule has 0 fully saturated rings. The monoisotopic (exact) mass is 142 g/mol. The van der Waals surface area contributed by atoms with Gasteiger partial charge in [-0.15, -0.1) is 11.3 Å². The number of hydrogen-bond donors (Lipinski definition) is 1. The largest absolute Gasteiger partial charge is 0.480 e. The third-order valence-electron chi connectivity index (χ3n) is 0.869. The second-order valence-corrected chi connectivity index (χ2v) is 2.13. The molecule has 1 rings (SSSR count). The molecule has 0 unspecified atom stereocenters. The molecule has 3 nitrogen and oxygen atoms in total. The zero-order valence-corrected chi connectivity index (χ0v) is 5.73. The van der Waals surface area contributed by atoms with Crippen molar-refractivity contribution in [3.05, 3.63) is 16.6 Å². The molecule has 48 valence electrons. The first-order valence-electron chi connectivity index (χ1n) is 2.35. The van der Waals surface area contributed by atoms with Gasteiger partial charge in [0.25, 0.3) is 0 Å². The first-order chi connectivity index (χ1) is 4.34. The summed E-state index contributed by atoms with van der Waals surface area (Å²) in [4.78, 5) is 3.86. The lowest BCUT2D eigenvalue weighted by Crippen LogP contribution is -2.00. The van der Waals surface area contributed by atoms with E-state index in [9.17, 15) is 0 Å². The zero-order chi connectivity index (χ0) is 6.69. The summed E-state index contributed by atoms with van der Waals surface area (Å²) in [5, 5.41) is 8.89. The second kappa shape index (κ2) is 2.59. The van der Waals surface area contributed by atoms with E-state index in [1.54, 1.807) is 10.9 Å². The van der Waals surface area contributed by atoms with Gasteiger partial charge in [-0.1, -0.05) is 0 Å². The van der Waals surface area contributed by atoms with Crippen LogP contribution < -0.4 is 0 Å². The SMILES string of the molecule is COC(=N)c1cscn1. The number of nitrogens with one attached hydrogen (secondary N) is 1. The van der Waals surface area contributed by atoms with Gasteiger partial charge in [0.2, 0.25) is 5.90 Å². The van der Waals surface area contributed by atoms with Crippen LogP contribution in [-0.2, 0) is 4.74 Å². The molecule has 0 aliphatic rings. The van der Waals surface area contributed by atoms with Crippen molar-refractivity contribution in [2.75, 3.05) is 7.11 Å². The van der Waals surface area contributed by atoms with Crippen molar-refractivity contribution in [3.8, 4) is 0 Å². The molecule has 9 heavy (non-hydrogen) atoms. The van der Waals surface area contributed by atoms with Gasteiger partial charge in [0.1, 0.15) is 5.69 Å². The summed E-state index contributed by atoms with van der Waals surface area (Å²) in [7, 11) is 1.46. The maximum absolute atomic E-state index is 7.12. The maximum Gasteiger partial charge on any atom is 0.233 e. The Hall–Kier alpha value is -0.900. The summed E-state index contributed by atoms with van der Waals surface area (Å²) in [6, 6.07) is 0. The number of thiazole rings is 1. The van der Waals surface area contributed by atoms with Gasteiger partial charge in [0, 0.05) is 5.38 Å². The van der Waals surface area contributed by atoms with E-state index < -0.39 is 0 Å². The molecule has 0 aromatic carbocycles. The highest BCUT2D eigenvalue weighted by Crippen LogP contribution is 2.00. The molecule has 1 N–H and O–H groups in total. The van der Waals surface area contributed by atoms with E-state index in [1.165, 1.54) is 18.4 Å². The van der Waals surface area contributed by atoms with Gasteiger partial charge < -0.3 is 4.74 Å². The highest BCUT2D eigenvalue weighted by atomic mass is 32.1. The van der Waals surface area contributed by atoms with Crippen LogP contribution in [0.5, 0.6) is 0 Å². The average Bonchev–Trinajstić information content (AvgIpc) is 2.37. The highest BCUT2D eigenvalue weighted by molar-refractivity contribution is 7.07. The lowest BCUT2D eigenvalue weighted by molar-refractivity contribution is 0.400. The van der Waals surface area contributed by atoms with E-state index >= 15 is 0 Å². The van der Waals surface area contributed by atoms with Gasteiger partial charge in [-0.3, -0.25) is 5.41 Å². The second-order valence-electron chi connectivity index (χ2n) is 1.41. The molecule has 0 saturated carbocycles. The van der Waals surface area contributed by atoms with Crippen LogP contribution in [0.15, 0.2) is 10.9 Å². The highest BCUT2D eigenvalue weighted by Gasteiger charge is 1.99. The number of hydrogen-bond acceptors (Lipinski definition) is 4. The van der Waals surface area contributed by atoms with Gasteiger partial charge in [-0.25, -0.2) is 4.98 Å². The minimum Gasteiger partial charge on any atom is -0.480 e. The van der Waals surface area contributed by atoms with Crippen LogP contribution in [0, 0.1) is 5.41 Å². The molecule has 0 aliphatic heterocycles. The van der Waals surface area contributed by atoms with Gasteiger partial charge in [0.15, 0.2) is 0 Å². The number of rotatable bonds is 1. The van der Waals surface area contributed by atoms with Crippen LogP contribution in [0.25, 0.3) is 0 Å². The van der Waals surface area contributed by atoms with Gasteiger partial charge in [-0.05, 0) is 0 Å². The molecular weight excluding hydrogens is 136 g/mol. The fourth-order valence-corrected chi connectivity index (χ4v) is 0.961. The molecule has 0 radical (unpaired) electrons. The fraction of sp³-hybridized carbons (Fsp3) is 0.200. The molecule has 0 bridgehead atoms. The van der Waals surface area contributed by atoms with Crippen LogP contribution in [-0.4, -0.2) is 18.0 Å². The average molecular weight is 142 g/mol. The Kier molecular flexibility index (Phi) is 1.79. The van der Waals surface area contributed by atoms with Gasteiger partial charge in [0.05, 0.1) is 12.6 Å². The third kappa shape index (κ3) is 1.26. The number of nitrogens with zero attached hydrogens (tertiary/aromatic N) is 1. The Morgan fingerprint density at radius 1 is 1.89 bits per heavy atom. The van der Waals surface area contributed by atoms with E-state index in [4.69, 9.17) is 5.41 Å². The maximum atomic E-state index is 7.12. The van der Waals surface area contributed by atoms with Crippen molar-refractivity contribution in [2.24, 2.45) is 0 Å². The van der Waals surface area contributed by atoms with E-state index in [2.05, 4.69) is 9.72 Å². The Balaban J connectivity index is 2.77. The Bertz CT molecular complexity index is 195. The van der Waals surface area contributed by atoms with Crippen molar-refractivity contribution in [1.29, 1.82) is 5.41 Å². The first kappa shape index (κ1) is 6.22. The van der Waals surface area contributed by atoms with Crippen LogP contribution in [0.2, 0.25) is 0 Å². The van der Waals surface area contributed by atoms with Crippen LogP contribution in [0.3, 0.4) is 0 Å². The zero-order valence-electron chi connectivity index (χ0n) is 4.92. The van der Waals surface area contributed by atoms with Crippen molar-refractivity contribution < 1.29 is 4.74 Å². The number of methoxy groups -OCH3 is 1. The molecule has 1 aromatic heterocycles. The van der Waals surface area contributed by atoms with Crippen molar-refractivity contribution >= 4 is 17.2 Å². The predicted octanol–water partition coefficient (Wildman–Crippen LogP) is 1.11. The summed E-state index contributed by atoms with van der Waals surface area (Å²) >= 11 is 1.45. The van der Waals surface area contributed by atoms with Crippen molar-refractivity contribution in [2.45, 2.75) is 0 Å². The summed E-state index contributed by atoms with van der Waals surface area (Å²) < 4.78 is 4.62. The van der Waals surface area contributed by atoms with E-state index in [0.29, 0.717) is 5.69 Å². The van der Waals surface area contributed by atoms with E-state index in [1.807, 2.05) is 0 Å². The summed E-state index contributed by atoms with van der Waals surface area (Å²) in [6.07, 6.45) is 0. The van der Waals surface area contributed by atoms with E-state index in [-0.39, 0.29) is 5.90 Å². The van der Waals surface area contributed by atoms with Crippen LogP contribution in [0.4, 0.5) is 0 Å². The summed E-state index contributed by atoms with van der Waals surface area (Å²) in [5.41, 5.74) is 2.27. The molecular formula is C5H6N2OS. The van der Waals surface area contributed by atoms with Gasteiger partial charge in [-0.2, -0.15) is 0 Å². The molecule has 1 aromatic rings. The number of ether oxygens (including phenoxy) is 1. The topological polar surface area (TPSA) is 46.0 Å². The predicted molar refractivity (Wildman–Crippen MR) is 36.0 cm³/mol. The first-order valence-corrected chi connectivity index (χ1v) is 3.30. The Morgan fingerprint density at radius 3 is 3.11 bits per heavy atom. The summed E-state index contributed by atoms with van der Waals surface area (Å²) in [6.45, 7) is 0. The molecule has 0 amide bonds. The number of aromatic nitrogens is 1. The smallest absolute Gasteiger partial charge is 0.233 e. The van der Waals surface area contributed by atoms with Crippen molar-refractivity contribution in [1.82, 2.24) is 4.98 Å². The lowest BCUT2D eigenvalue weighted by atomic mass is 10.5. The standard InChI is InChI=1S/C5H6N2OS/c1-8-5(6)4-2-9-3-7-4/h2-3,6H,1H3. The van der Waals surface area contributed by atoms with Gasteiger partial charge >= 0.3 is 0 Å². The summed E-state index contributed by atoms with van der Waals surface area (Å²) in [5.74, 6) is 0.122. The normalized spacial score (nSPS) is 9.00. The molecule has 0 spiro atoms. The van der Waals surface area contributed by atoms with Crippen LogP contribution in [0.1, 0.15) is 5.69 Å². The molecule has 1 heterocycles. The molecule has 4 heteroatoms. The minimum absolute atomic E-state index is 0.122. The third-order valence-corrected chi connectivity index (χ3v) is 1.46. The van der Waals surface area contributed by atoms with E-state index in [0.717, 1.165) is 0 Å². The quantitative estimate of drug-likeness (QED) is 0.471. The van der Waals surface area contributed by atoms with Crippen molar-refractivity contribution in [3.63, 3.8) is 0 Å². The van der Waals surface area contributed by atoms with Crippen LogP contribution >= 0.6 is 11.3 Å². The molecule has 0 aliphatic carbocycles. The lowest BCUT2D eigenvalue weighted by Gasteiger charge is -1.93. The minimum atomic E-state index is 0.122.